The zero-order valence-electron chi connectivity index (χ0n) is 11.9. The zero-order valence-corrected chi connectivity index (χ0v) is 12.8. The smallest absolute Gasteiger partial charge is 0.243 e. The van der Waals surface area contributed by atoms with Crippen LogP contribution in [0.4, 0.5) is 0 Å². The van der Waals surface area contributed by atoms with Crippen LogP contribution in [-0.4, -0.2) is 37.3 Å². The summed E-state index contributed by atoms with van der Waals surface area (Å²) in [6, 6.07) is 8.60. The minimum absolute atomic E-state index is 0.123. The molecule has 0 amide bonds. The van der Waals surface area contributed by atoms with Crippen LogP contribution in [0.5, 0.6) is 0 Å². The fourth-order valence-electron chi connectivity index (χ4n) is 2.75. The molecule has 0 saturated heterocycles. The normalized spacial score (nSPS) is 17.3. The summed E-state index contributed by atoms with van der Waals surface area (Å²) in [5, 5.41) is 0.651. The van der Waals surface area contributed by atoms with E-state index in [-0.39, 0.29) is 6.04 Å². The van der Waals surface area contributed by atoms with Gasteiger partial charge in [0.1, 0.15) is 0 Å². The molecule has 1 fully saturated rings. The summed E-state index contributed by atoms with van der Waals surface area (Å²) in [5.41, 5.74) is 6.47. The van der Waals surface area contributed by atoms with Gasteiger partial charge < -0.3 is 5.73 Å². The average molecular weight is 305 g/mol. The Labute approximate surface area is 124 Å². The summed E-state index contributed by atoms with van der Waals surface area (Å²) in [7, 11) is -1.94. The molecule has 3 rings (SSSR count). The van der Waals surface area contributed by atoms with Crippen LogP contribution in [0.15, 0.2) is 41.4 Å². The largest absolute Gasteiger partial charge is 0.329 e. The van der Waals surface area contributed by atoms with Crippen LogP contribution < -0.4 is 5.73 Å². The Morgan fingerprint density at radius 1 is 1.33 bits per heavy atom. The van der Waals surface area contributed by atoms with Crippen LogP contribution in [0.2, 0.25) is 0 Å². The average Bonchev–Trinajstić information content (AvgIpc) is 3.32. The second kappa shape index (κ2) is 5.36. The molecule has 0 aliphatic heterocycles. The van der Waals surface area contributed by atoms with Crippen LogP contribution >= 0.6 is 0 Å². The highest BCUT2D eigenvalue weighted by Crippen LogP contribution is 2.36. The third-order valence-electron chi connectivity index (χ3n) is 4.14. The Hall–Kier alpha value is -1.50. The van der Waals surface area contributed by atoms with Crippen LogP contribution in [0.3, 0.4) is 0 Å². The maximum Gasteiger partial charge on any atom is 0.243 e. The van der Waals surface area contributed by atoms with Crippen molar-refractivity contribution in [2.75, 3.05) is 13.6 Å². The third kappa shape index (κ3) is 2.54. The second-order valence-corrected chi connectivity index (χ2v) is 7.45. The molecule has 0 bridgehead atoms. The molecule has 112 valence electrons. The van der Waals surface area contributed by atoms with Gasteiger partial charge in [0.2, 0.25) is 10.0 Å². The van der Waals surface area contributed by atoms with Crippen molar-refractivity contribution >= 4 is 20.9 Å². The first kappa shape index (κ1) is 14.4. The first-order chi connectivity index (χ1) is 10.1. The van der Waals surface area contributed by atoms with E-state index in [0.717, 1.165) is 12.8 Å². The number of hydrogen-bond acceptors (Lipinski definition) is 4. The van der Waals surface area contributed by atoms with Crippen LogP contribution in [0, 0.1) is 5.92 Å². The number of pyridine rings is 1. The number of benzene rings is 1. The number of sulfonamides is 1. The van der Waals surface area contributed by atoms with Gasteiger partial charge in [-0.2, -0.15) is 4.31 Å². The molecule has 1 aliphatic carbocycles. The van der Waals surface area contributed by atoms with Crippen molar-refractivity contribution < 1.29 is 8.42 Å². The fourth-order valence-corrected chi connectivity index (χ4v) is 4.38. The van der Waals surface area contributed by atoms with Crippen molar-refractivity contribution in [2.24, 2.45) is 11.7 Å². The standard InChI is InChI=1S/C15H19N3O2S/c1-18(14(10-16)11-7-8-11)21(19,20)15-6-2-5-13-12(15)4-3-9-17-13/h2-6,9,11,14H,7-8,10,16H2,1H3. The predicted molar refractivity (Wildman–Crippen MR) is 82.3 cm³/mol. The molecule has 1 aromatic carbocycles. The number of nitrogens with two attached hydrogens (primary N) is 1. The first-order valence-electron chi connectivity index (χ1n) is 7.07. The van der Waals surface area contributed by atoms with Crippen molar-refractivity contribution in [3.05, 3.63) is 36.5 Å². The highest BCUT2D eigenvalue weighted by atomic mass is 32.2. The SMILES string of the molecule is CN(C(CN)C1CC1)S(=O)(=O)c1cccc2ncccc12. The van der Waals surface area contributed by atoms with E-state index in [1.807, 2.05) is 6.07 Å². The van der Waals surface area contributed by atoms with E-state index in [4.69, 9.17) is 5.73 Å². The van der Waals surface area contributed by atoms with E-state index in [9.17, 15) is 8.42 Å². The van der Waals surface area contributed by atoms with Gasteiger partial charge in [0, 0.05) is 31.2 Å². The molecule has 0 spiro atoms. The van der Waals surface area contributed by atoms with E-state index in [2.05, 4.69) is 4.98 Å². The second-order valence-electron chi connectivity index (χ2n) is 5.49. The molecule has 5 nitrogen and oxygen atoms in total. The molecule has 0 radical (unpaired) electrons. The molecule has 1 aliphatic rings. The maximum atomic E-state index is 12.9. The monoisotopic (exact) mass is 305 g/mol. The number of likely N-dealkylation sites (N-methyl/N-ethyl adjacent to an activating group) is 1. The number of aromatic nitrogens is 1. The van der Waals surface area contributed by atoms with Crippen molar-refractivity contribution in [3.63, 3.8) is 0 Å². The number of rotatable bonds is 5. The van der Waals surface area contributed by atoms with Crippen LogP contribution in [0.25, 0.3) is 10.9 Å². The highest BCUT2D eigenvalue weighted by molar-refractivity contribution is 7.89. The van der Waals surface area contributed by atoms with Gasteiger partial charge in [-0.15, -0.1) is 0 Å². The van der Waals surface area contributed by atoms with Crippen molar-refractivity contribution in [1.29, 1.82) is 0 Å². The summed E-state index contributed by atoms with van der Waals surface area (Å²) in [6.07, 6.45) is 3.77. The van der Waals surface area contributed by atoms with Gasteiger partial charge in [-0.25, -0.2) is 8.42 Å². The van der Waals surface area contributed by atoms with Gasteiger partial charge in [-0.05, 0) is 43.0 Å². The molecule has 2 aromatic rings. The third-order valence-corrected chi connectivity index (χ3v) is 6.08. The lowest BCUT2D eigenvalue weighted by atomic mass is 10.2. The van der Waals surface area contributed by atoms with Gasteiger partial charge in [0.05, 0.1) is 10.4 Å². The quantitative estimate of drug-likeness (QED) is 0.910. The Kier molecular flexibility index (Phi) is 3.69. The first-order valence-corrected chi connectivity index (χ1v) is 8.51. The lowest BCUT2D eigenvalue weighted by Gasteiger charge is -2.26. The summed E-state index contributed by atoms with van der Waals surface area (Å²) >= 11 is 0. The fraction of sp³-hybridized carbons (Fsp3) is 0.400. The van der Waals surface area contributed by atoms with E-state index < -0.39 is 10.0 Å². The van der Waals surface area contributed by atoms with Gasteiger partial charge in [-0.1, -0.05) is 6.07 Å². The molecule has 1 aromatic heterocycles. The van der Waals surface area contributed by atoms with E-state index in [1.165, 1.54) is 4.31 Å². The van der Waals surface area contributed by atoms with Crippen LogP contribution in [-0.2, 0) is 10.0 Å². The molecular formula is C15H19N3O2S. The van der Waals surface area contributed by atoms with Gasteiger partial charge >= 0.3 is 0 Å². The van der Waals surface area contributed by atoms with Crippen molar-refractivity contribution in [1.82, 2.24) is 9.29 Å². The van der Waals surface area contributed by atoms with Crippen molar-refractivity contribution in [2.45, 2.75) is 23.8 Å². The highest BCUT2D eigenvalue weighted by Gasteiger charge is 2.38. The minimum Gasteiger partial charge on any atom is -0.329 e. The number of fused-ring (bicyclic) bond motifs is 1. The van der Waals surface area contributed by atoms with Crippen LogP contribution in [0.1, 0.15) is 12.8 Å². The molecule has 1 unspecified atom stereocenters. The molecule has 1 heterocycles. The molecule has 6 heteroatoms. The van der Waals surface area contributed by atoms with Gasteiger partial charge in [0.15, 0.2) is 0 Å². The maximum absolute atomic E-state index is 12.9. The zero-order chi connectivity index (χ0) is 15.0. The summed E-state index contributed by atoms with van der Waals surface area (Å²) < 4.78 is 27.3. The van der Waals surface area contributed by atoms with Crippen molar-refractivity contribution in [3.8, 4) is 0 Å². The summed E-state index contributed by atoms with van der Waals surface area (Å²) in [4.78, 5) is 4.52. The van der Waals surface area contributed by atoms with Gasteiger partial charge in [0.25, 0.3) is 0 Å². The lowest BCUT2D eigenvalue weighted by molar-refractivity contribution is 0.341. The number of hydrogen-bond donors (Lipinski definition) is 1. The minimum atomic E-state index is -3.57. The Bertz CT molecular complexity index is 751. The summed E-state index contributed by atoms with van der Waals surface area (Å²) in [6.45, 7) is 0.351. The molecule has 1 atom stereocenters. The lowest BCUT2D eigenvalue weighted by Crippen LogP contribution is -2.43. The Morgan fingerprint density at radius 3 is 2.76 bits per heavy atom. The van der Waals surface area contributed by atoms with E-state index in [1.54, 1.807) is 37.5 Å². The number of nitrogens with zero attached hydrogens (tertiary/aromatic N) is 2. The Balaban J connectivity index is 2.07. The topological polar surface area (TPSA) is 76.3 Å². The molecule has 2 N–H and O–H groups in total. The summed E-state index contributed by atoms with van der Waals surface area (Å²) in [5.74, 6) is 0.392. The van der Waals surface area contributed by atoms with E-state index in [0.29, 0.717) is 28.3 Å². The molecule has 21 heavy (non-hydrogen) atoms. The van der Waals surface area contributed by atoms with E-state index >= 15 is 0 Å². The van der Waals surface area contributed by atoms with Gasteiger partial charge in [-0.3, -0.25) is 4.98 Å². The Morgan fingerprint density at radius 2 is 2.10 bits per heavy atom. The predicted octanol–water partition coefficient (Wildman–Crippen LogP) is 1.59. The molecule has 1 saturated carbocycles. The molecular weight excluding hydrogens is 286 g/mol.